The van der Waals surface area contributed by atoms with Crippen molar-refractivity contribution in [1.29, 1.82) is 0 Å². The average molecular weight is 407 g/mol. The van der Waals surface area contributed by atoms with E-state index < -0.39 is 0 Å². The fourth-order valence-corrected chi connectivity index (χ4v) is 2.91. The second kappa shape index (κ2) is 11.5. The molecule has 0 aliphatic carbocycles. The van der Waals surface area contributed by atoms with Gasteiger partial charge >= 0.3 is 0 Å². The molecule has 2 aromatic carbocycles. The monoisotopic (exact) mass is 406 g/mol. The van der Waals surface area contributed by atoms with Gasteiger partial charge in [0.1, 0.15) is 0 Å². The molecular formula is C20H23ClN2O3S. The summed E-state index contributed by atoms with van der Waals surface area (Å²) >= 11 is 7.26. The predicted molar refractivity (Wildman–Crippen MR) is 111 cm³/mol. The molecule has 0 radical (unpaired) electrons. The number of rotatable bonds is 10. The van der Waals surface area contributed by atoms with Crippen molar-refractivity contribution in [3.05, 3.63) is 53.1 Å². The van der Waals surface area contributed by atoms with E-state index in [0.717, 1.165) is 16.9 Å². The van der Waals surface area contributed by atoms with Crippen molar-refractivity contribution in [3.63, 3.8) is 0 Å². The minimum Gasteiger partial charge on any atom is -0.490 e. The Kier molecular flexibility index (Phi) is 9.01. The highest BCUT2D eigenvalue weighted by atomic mass is 35.5. The zero-order valence-corrected chi connectivity index (χ0v) is 17.0. The Hall–Kier alpha value is -2.18. The maximum absolute atomic E-state index is 11.9. The summed E-state index contributed by atoms with van der Waals surface area (Å²) in [5.41, 5.74) is 3.34. The van der Waals surface area contributed by atoms with Gasteiger partial charge in [0.25, 0.3) is 0 Å². The van der Waals surface area contributed by atoms with Crippen molar-refractivity contribution in [2.75, 3.05) is 19.0 Å². The number of carbonyl (C=O) groups excluding carboxylic acids is 1. The Morgan fingerprint density at radius 2 is 1.93 bits per heavy atom. The summed E-state index contributed by atoms with van der Waals surface area (Å²) in [7, 11) is 0. The van der Waals surface area contributed by atoms with Crippen LogP contribution in [0.4, 0.5) is 0 Å². The fraction of sp³-hybridized carbons (Fsp3) is 0.300. The number of nitrogens with zero attached hydrogens (tertiary/aromatic N) is 1. The lowest BCUT2D eigenvalue weighted by molar-refractivity contribution is -0.118. The van der Waals surface area contributed by atoms with E-state index in [1.807, 2.05) is 37.3 Å². The average Bonchev–Trinajstić information content (AvgIpc) is 2.67. The quantitative estimate of drug-likeness (QED) is 0.350. The van der Waals surface area contributed by atoms with Gasteiger partial charge in [-0.2, -0.15) is 5.10 Å². The van der Waals surface area contributed by atoms with E-state index in [9.17, 15) is 4.79 Å². The van der Waals surface area contributed by atoms with Gasteiger partial charge in [-0.15, -0.1) is 11.8 Å². The number of carbonyl (C=O) groups is 1. The Labute approximate surface area is 169 Å². The number of ether oxygens (including phenoxy) is 2. The van der Waals surface area contributed by atoms with Crippen molar-refractivity contribution in [1.82, 2.24) is 5.43 Å². The zero-order valence-electron chi connectivity index (χ0n) is 15.4. The van der Waals surface area contributed by atoms with Crippen LogP contribution in [0.1, 0.15) is 25.8 Å². The topological polar surface area (TPSA) is 59.9 Å². The van der Waals surface area contributed by atoms with Crippen LogP contribution in [0.25, 0.3) is 0 Å². The van der Waals surface area contributed by atoms with Gasteiger partial charge in [0.05, 0.1) is 25.2 Å². The van der Waals surface area contributed by atoms with Crippen molar-refractivity contribution < 1.29 is 14.3 Å². The maximum Gasteiger partial charge on any atom is 0.250 e. The van der Waals surface area contributed by atoms with Crippen molar-refractivity contribution in [2.45, 2.75) is 25.2 Å². The Balaban J connectivity index is 1.87. The lowest BCUT2D eigenvalue weighted by Gasteiger charge is -2.11. The molecule has 0 aliphatic heterocycles. The fourth-order valence-electron chi connectivity index (χ4n) is 2.10. The van der Waals surface area contributed by atoms with Crippen LogP contribution < -0.4 is 14.9 Å². The number of hydrogen-bond acceptors (Lipinski definition) is 5. The van der Waals surface area contributed by atoms with Crippen LogP contribution in [0.3, 0.4) is 0 Å². The molecule has 0 spiro atoms. The summed E-state index contributed by atoms with van der Waals surface area (Å²) < 4.78 is 11.3. The number of halogens is 1. The summed E-state index contributed by atoms with van der Waals surface area (Å²) in [6.07, 6.45) is 2.51. The number of thioether (sulfide) groups is 1. The van der Waals surface area contributed by atoms with Crippen LogP contribution in [0.15, 0.2) is 52.5 Å². The third-order valence-electron chi connectivity index (χ3n) is 3.32. The van der Waals surface area contributed by atoms with E-state index in [1.54, 1.807) is 18.3 Å². The molecule has 27 heavy (non-hydrogen) atoms. The largest absolute Gasteiger partial charge is 0.490 e. The van der Waals surface area contributed by atoms with E-state index in [4.69, 9.17) is 21.1 Å². The minimum absolute atomic E-state index is 0.181. The first-order chi connectivity index (χ1) is 13.1. The number of amides is 1. The van der Waals surface area contributed by atoms with E-state index in [2.05, 4.69) is 17.5 Å². The third kappa shape index (κ3) is 7.53. The molecule has 144 valence electrons. The highest BCUT2D eigenvalue weighted by molar-refractivity contribution is 8.00. The van der Waals surface area contributed by atoms with E-state index in [0.29, 0.717) is 29.7 Å². The van der Waals surface area contributed by atoms with E-state index in [-0.39, 0.29) is 11.7 Å². The second-order valence-electron chi connectivity index (χ2n) is 5.52. The van der Waals surface area contributed by atoms with Gasteiger partial charge in [-0.1, -0.05) is 18.5 Å². The Morgan fingerprint density at radius 1 is 1.15 bits per heavy atom. The van der Waals surface area contributed by atoms with Crippen LogP contribution in [-0.2, 0) is 4.79 Å². The van der Waals surface area contributed by atoms with Crippen molar-refractivity contribution >= 4 is 35.5 Å². The molecule has 0 saturated carbocycles. The molecule has 0 bridgehead atoms. The van der Waals surface area contributed by atoms with Gasteiger partial charge < -0.3 is 9.47 Å². The molecule has 1 N–H and O–H groups in total. The van der Waals surface area contributed by atoms with Crippen LogP contribution in [0, 0.1) is 0 Å². The van der Waals surface area contributed by atoms with Gasteiger partial charge in [-0.25, -0.2) is 5.43 Å². The summed E-state index contributed by atoms with van der Waals surface area (Å²) in [4.78, 5) is 12.9. The van der Waals surface area contributed by atoms with Crippen molar-refractivity contribution in [2.24, 2.45) is 5.10 Å². The third-order valence-corrected chi connectivity index (χ3v) is 4.58. The molecule has 0 heterocycles. The molecule has 5 nitrogen and oxygen atoms in total. The molecule has 0 aliphatic rings. The Bertz CT molecular complexity index is 766. The van der Waals surface area contributed by atoms with Crippen LogP contribution in [-0.4, -0.2) is 31.1 Å². The molecule has 0 fully saturated rings. The molecule has 1 amide bonds. The lowest BCUT2D eigenvalue weighted by Crippen LogP contribution is -2.19. The number of nitrogens with one attached hydrogen (secondary N) is 1. The summed E-state index contributed by atoms with van der Waals surface area (Å²) in [5.74, 6) is 1.46. The smallest absolute Gasteiger partial charge is 0.250 e. The number of benzene rings is 2. The van der Waals surface area contributed by atoms with E-state index in [1.165, 1.54) is 11.8 Å². The van der Waals surface area contributed by atoms with Gasteiger partial charge in [0.15, 0.2) is 11.5 Å². The zero-order chi connectivity index (χ0) is 19.5. The molecule has 2 rings (SSSR count). The molecule has 0 atom stereocenters. The predicted octanol–water partition coefficient (Wildman–Crippen LogP) is 4.77. The number of hydrazone groups is 1. The first-order valence-corrected chi connectivity index (χ1v) is 10.1. The standard InChI is InChI=1S/C20H23ClN2O3S/c1-3-11-26-18-10-5-15(12-19(18)25-4-2)13-22-23-20(24)14-27-17-8-6-16(21)7-9-17/h5-10,12-13H,3-4,11,14H2,1-2H3,(H,23,24)/b22-13+. The maximum atomic E-state index is 11.9. The number of hydrogen-bond donors (Lipinski definition) is 1. The highest BCUT2D eigenvalue weighted by Crippen LogP contribution is 2.28. The van der Waals surface area contributed by atoms with Gasteiger partial charge in [-0.05, 0) is 61.4 Å². The summed E-state index contributed by atoms with van der Waals surface area (Å²) in [6, 6.07) is 12.9. The van der Waals surface area contributed by atoms with Gasteiger partial charge in [-0.3, -0.25) is 4.79 Å². The second-order valence-corrected chi connectivity index (χ2v) is 7.01. The highest BCUT2D eigenvalue weighted by Gasteiger charge is 2.06. The molecular weight excluding hydrogens is 384 g/mol. The Morgan fingerprint density at radius 3 is 2.63 bits per heavy atom. The van der Waals surface area contributed by atoms with Crippen molar-refractivity contribution in [3.8, 4) is 11.5 Å². The normalized spacial score (nSPS) is 10.8. The summed E-state index contributed by atoms with van der Waals surface area (Å²) in [5, 5.41) is 4.68. The van der Waals surface area contributed by atoms with Gasteiger partial charge in [0.2, 0.25) is 5.91 Å². The van der Waals surface area contributed by atoms with Crippen LogP contribution >= 0.6 is 23.4 Å². The molecule has 0 saturated heterocycles. The minimum atomic E-state index is -0.181. The van der Waals surface area contributed by atoms with Crippen LogP contribution in [0.2, 0.25) is 5.02 Å². The summed E-state index contributed by atoms with van der Waals surface area (Å²) in [6.45, 7) is 5.15. The lowest BCUT2D eigenvalue weighted by atomic mass is 10.2. The first kappa shape index (κ1) is 21.1. The van der Waals surface area contributed by atoms with Gasteiger partial charge in [0, 0.05) is 9.92 Å². The first-order valence-electron chi connectivity index (χ1n) is 8.72. The molecule has 0 aromatic heterocycles. The molecule has 0 unspecified atom stereocenters. The van der Waals surface area contributed by atoms with E-state index >= 15 is 0 Å². The SMILES string of the molecule is CCCOc1ccc(/C=N/NC(=O)CSc2ccc(Cl)cc2)cc1OCC. The molecule has 2 aromatic rings. The molecule has 7 heteroatoms. The van der Waals surface area contributed by atoms with Crippen LogP contribution in [0.5, 0.6) is 11.5 Å².